The average molecular weight is 319 g/mol. The van der Waals surface area contributed by atoms with Crippen molar-refractivity contribution < 1.29 is 9.53 Å². The number of ether oxygens (including phenoxy) is 1. The Kier molecular flexibility index (Phi) is 7.31. The molecule has 1 rings (SSSR count). The van der Waals surface area contributed by atoms with Crippen molar-refractivity contribution in [3.8, 4) is 5.75 Å². The van der Waals surface area contributed by atoms with E-state index >= 15 is 0 Å². The Morgan fingerprint density at radius 2 is 1.83 bits per heavy atom. The molecule has 0 amide bonds. The third-order valence-electron chi connectivity index (χ3n) is 4.46. The quantitative estimate of drug-likeness (QED) is 0.592. The van der Waals surface area contributed by atoms with Crippen LogP contribution in [0.3, 0.4) is 0 Å². The largest absolute Gasteiger partial charge is 0.493 e. The van der Waals surface area contributed by atoms with E-state index in [1.165, 1.54) is 16.7 Å². The van der Waals surface area contributed by atoms with Crippen molar-refractivity contribution in [1.29, 1.82) is 0 Å². The summed E-state index contributed by atoms with van der Waals surface area (Å²) in [5.74, 6) is 1.78. The van der Waals surface area contributed by atoms with Crippen molar-refractivity contribution in [2.75, 3.05) is 6.61 Å². The minimum absolute atomic E-state index is 0.0444. The highest BCUT2D eigenvalue weighted by molar-refractivity contribution is 5.78. The van der Waals surface area contributed by atoms with Gasteiger partial charge in [-0.15, -0.1) is 0 Å². The highest BCUT2D eigenvalue weighted by atomic mass is 16.5. The molecule has 0 heterocycles. The molecule has 2 nitrogen and oxygen atoms in total. The lowest BCUT2D eigenvalue weighted by atomic mass is 9.80. The van der Waals surface area contributed by atoms with E-state index < -0.39 is 0 Å². The fourth-order valence-corrected chi connectivity index (χ4v) is 3.06. The summed E-state index contributed by atoms with van der Waals surface area (Å²) < 4.78 is 6.08. The van der Waals surface area contributed by atoms with E-state index in [9.17, 15) is 4.79 Å². The van der Waals surface area contributed by atoms with Gasteiger partial charge in [0.25, 0.3) is 0 Å². The van der Waals surface area contributed by atoms with Crippen molar-refractivity contribution in [1.82, 2.24) is 0 Å². The zero-order valence-corrected chi connectivity index (χ0v) is 16.1. The zero-order valence-electron chi connectivity index (χ0n) is 16.1. The number of aryl methyl sites for hydroxylation is 1. The molecule has 2 heteroatoms. The summed E-state index contributed by atoms with van der Waals surface area (Å²) in [4.78, 5) is 11.7. The molecule has 0 bridgehead atoms. The molecule has 1 aromatic rings. The second-order valence-electron chi connectivity index (χ2n) is 7.45. The van der Waals surface area contributed by atoms with Crippen molar-refractivity contribution >= 4 is 5.78 Å². The van der Waals surface area contributed by atoms with Crippen LogP contribution in [0.5, 0.6) is 5.75 Å². The molecule has 0 aliphatic carbocycles. The van der Waals surface area contributed by atoms with Gasteiger partial charge < -0.3 is 4.74 Å². The Balaban J connectivity index is 3.30. The highest BCUT2D eigenvalue weighted by Crippen LogP contribution is 2.41. The summed E-state index contributed by atoms with van der Waals surface area (Å²) in [6.07, 6.45) is 3.25. The van der Waals surface area contributed by atoms with E-state index in [1.54, 1.807) is 0 Å². The van der Waals surface area contributed by atoms with Crippen LogP contribution in [0, 0.1) is 6.92 Å². The van der Waals surface area contributed by atoms with Crippen LogP contribution in [0.2, 0.25) is 0 Å². The predicted molar refractivity (Wildman–Crippen MR) is 98.6 cm³/mol. The first-order valence-corrected chi connectivity index (χ1v) is 9.04. The monoisotopic (exact) mass is 318 g/mol. The van der Waals surface area contributed by atoms with Crippen LogP contribution in [0.1, 0.15) is 89.8 Å². The average Bonchev–Trinajstić information content (AvgIpc) is 2.48. The molecule has 1 aromatic carbocycles. The number of carbonyl (C=O) groups excluding carboxylic acids is 1. The van der Waals surface area contributed by atoms with Gasteiger partial charge in [-0.2, -0.15) is 0 Å². The standard InChI is InChI=1S/C21H34O2/c1-8-16(11-12-17(22)9-2)18-13-15(4)14-19(21(5,6)7)20(18)23-10-3/h13-14,16H,8-12H2,1-7H3. The first-order valence-electron chi connectivity index (χ1n) is 9.04. The molecule has 0 fully saturated rings. The molecular formula is C21H34O2. The van der Waals surface area contributed by atoms with Gasteiger partial charge in [-0.1, -0.05) is 52.3 Å². The van der Waals surface area contributed by atoms with Crippen molar-refractivity contribution in [2.45, 2.75) is 85.5 Å². The maximum Gasteiger partial charge on any atom is 0.132 e. The van der Waals surface area contributed by atoms with Crippen molar-refractivity contribution in [3.05, 3.63) is 28.8 Å². The molecule has 0 N–H and O–H groups in total. The molecule has 0 spiro atoms. The van der Waals surface area contributed by atoms with Crippen molar-refractivity contribution in [2.24, 2.45) is 0 Å². The number of rotatable bonds is 8. The Morgan fingerprint density at radius 1 is 1.17 bits per heavy atom. The second-order valence-corrected chi connectivity index (χ2v) is 7.45. The number of benzene rings is 1. The summed E-state index contributed by atoms with van der Waals surface area (Å²) in [6, 6.07) is 4.50. The minimum atomic E-state index is 0.0444. The van der Waals surface area contributed by atoms with E-state index in [0.29, 0.717) is 31.1 Å². The second kappa shape index (κ2) is 8.52. The molecular weight excluding hydrogens is 284 g/mol. The van der Waals surface area contributed by atoms with Crippen LogP contribution >= 0.6 is 0 Å². The van der Waals surface area contributed by atoms with E-state index in [4.69, 9.17) is 4.74 Å². The lowest BCUT2D eigenvalue weighted by Gasteiger charge is -2.28. The summed E-state index contributed by atoms with van der Waals surface area (Å²) in [5.41, 5.74) is 3.87. The summed E-state index contributed by atoms with van der Waals surface area (Å²) in [5, 5.41) is 0. The van der Waals surface area contributed by atoms with Crippen LogP contribution in [0.15, 0.2) is 12.1 Å². The van der Waals surface area contributed by atoms with E-state index in [-0.39, 0.29) is 5.41 Å². The van der Waals surface area contributed by atoms with Crippen LogP contribution in [0.25, 0.3) is 0 Å². The first-order chi connectivity index (χ1) is 10.7. The maximum atomic E-state index is 11.7. The molecule has 23 heavy (non-hydrogen) atoms. The lowest BCUT2D eigenvalue weighted by molar-refractivity contribution is -0.118. The minimum Gasteiger partial charge on any atom is -0.493 e. The van der Waals surface area contributed by atoms with Gasteiger partial charge in [-0.05, 0) is 43.6 Å². The van der Waals surface area contributed by atoms with Gasteiger partial charge in [0.05, 0.1) is 6.61 Å². The molecule has 0 aromatic heterocycles. The molecule has 1 atom stereocenters. The van der Waals surface area contributed by atoms with Gasteiger partial charge in [-0.25, -0.2) is 0 Å². The van der Waals surface area contributed by atoms with Crippen LogP contribution < -0.4 is 4.74 Å². The van der Waals surface area contributed by atoms with Crippen LogP contribution in [-0.2, 0) is 10.2 Å². The molecule has 0 saturated carbocycles. The number of carbonyl (C=O) groups is 1. The van der Waals surface area contributed by atoms with E-state index in [2.05, 4.69) is 46.8 Å². The fourth-order valence-electron chi connectivity index (χ4n) is 3.06. The molecule has 0 saturated heterocycles. The molecule has 130 valence electrons. The van der Waals surface area contributed by atoms with Gasteiger partial charge in [0, 0.05) is 18.4 Å². The zero-order chi connectivity index (χ0) is 17.6. The normalized spacial score (nSPS) is 13.0. The third kappa shape index (κ3) is 5.37. The fraction of sp³-hybridized carbons (Fsp3) is 0.667. The smallest absolute Gasteiger partial charge is 0.132 e. The summed E-state index contributed by atoms with van der Waals surface area (Å²) in [7, 11) is 0. The Bertz CT molecular complexity index is 523. The van der Waals surface area contributed by atoms with Gasteiger partial charge in [0.15, 0.2) is 0 Å². The molecule has 0 aliphatic rings. The Hall–Kier alpha value is -1.31. The van der Waals surface area contributed by atoms with Gasteiger partial charge in [-0.3, -0.25) is 4.79 Å². The number of hydrogen-bond acceptors (Lipinski definition) is 2. The number of ketones is 1. The number of Topliss-reactive ketones (excluding diaryl/α,β-unsaturated/α-hetero) is 1. The molecule has 0 aliphatic heterocycles. The molecule has 0 radical (unpaired) electrons. The SMILES string of the molecule is CCOc1c(C(CC)CCC(=O)CC)cc(C)cc1C(C)(C)C. The van der Waals surface area contributed by atoms with Crippen LogP contribution in [0.4, 0.5) is 0 Å². The van der Waals surface area contributed by atoms with Crippen LogP contribution in [-0.4, -0.2) is 12.4 Å². The first kappa shape index (κ1) is 19.7. The highest BCUT2D eigenvalue weighted by Gasteiger charge is 2.25. The van der Waals surface area contributed by atoms with E-state index in [1.807, 2.05) is 13.8 Å². The van der Waals surface area contributed by atoms with Gasteiger partial charge in [0.1, 0.15) is 11.5 Å². The van der Waals surface area contributed by atoms with Gasteiger partial charge in [0.2, 0.25) is 0 Å². The summed E-state index contributed by atoms with van der Waals surface area (Å²) >= 11 is 0. The topological polar surface area (TPSA) is 26.3 Å². The number of hydrogen-bond donors (Lipinski definition) is 0. The van der Waals surface area contributed by atoms with Gasteiger partial charge >= 0.3 is 0 Å². The Labute approximate surface area is 142 Å². The third-order valence-corrected chi connectivity index (χ3v) is 4.46. The maximum absolute atomic E-state index is 11.7. The lowest BCUT2D eigenvalue weighted by Crippen LogP contribution is -2.16. The molecule has 1 unspecified atom stereocenters. The predicted octanol–water partition coefficient (Wildman–Crippen LogP) is 5.94. The summed E-state index contributed by atoms with van der Waals surface area (Å²) in [6.45, 7) is 15.7. The Morgan fingerprint density at radius 3 is 2.30 bits per heavy atom. The van der Waals surface area contributed by atoms with Crippen molar-refractivity contribution in [3.63, 3.8) is 0 Å². The van der Waals surface area contributed by atoms with E-state index in [0.717, 1.165) is 18.6 Å².